The van der Waals surface area contributed by atoms with E-state index in [1.165, 1.54) is 0 Å². The van der Waals surface area contributed by atoms with Gasteiger partial charge in [-0.1, -0.05) is 0 Å². The Morgan fingerprint density at radius 1 is 1.62 bits per heavy atom. The van der Waals surface area contributed by atoms with Crippen LogP contribution in [0.1, 0.15) is 13.3 Å². The Balaban J connectivity index is 2.60. The molecule has 1 heterocycles. The molecule has 0 saturated carbocycles. The molecule has 0 atom stereocenters. The van der Waals surface area contributed by atoms with Gasteiger partial charge in [-0.15, -0.1) is 0 Å². The van der Waals surface area contributed by atoms with Crippen molar-refractivity contribution >= 4 is 0 Å². The molecule has 1 N–H and O–H groups in total. The lowest BCUT2D eigenvalue weighted by molar-refractivity contribution is 0.525. The summed E-state index contributed by atoms with van der Waals surface area (Å²) in [6.45, 7) is 3.21. The van der Waals surface area contributed by atoms with Crippen LogP contribution in [0.2, 0.25) is 0 Å². The predicted molar refractivity (Wildman–Crippen MR) is 31.3 cm³/mol. The molecular formula is C6H10FN. The van der Waals surface area contributed by atoms with Gasteiger partial charge in [0.2, 0.25) is 0 Å². The van der Waals surface area contributed by atoms with Crippen LogP contribution in [0.4, 0.5) is 4.39 Å². The van der Waals surface area contributed by atoms with Crippen molar-refractivity contribution in [3.05, 3.63) is 11.4 Å². The van der Waals surface area contributed by atoms with Crippen molar-refractivity contribution < 1.29 is 4.39 Å². The van der Waals surface area contributed by atoms with Gasteiger partial charge in [0.05, 0.1) is 0 Å². The Bertz CT molecular complexity index is 104. The normalized spacial score (nSPS) is 21.8. The van der Waals surface area contributed by atoms with Crippen molar-refractivity contribution in [1.29, 1.82) is 0 Å². The summed E-state index contributed by atoms with van der Waals surface area (Å²) in [6.07, 6.45) is 0.867. The standard InChI is InChI=1S/C6H10FN/c1-5-2-3-8-4-6(5)7/h8H,2-4H2,1H3. The Kier molecular flexibility index (Phi) is 1.63. The SMILES string of the molecule is CC1=C(F)CNCC1. The van der Waals surface area contributed by atoms with Crippen molar-refractivity contribution in [2.24, 2.45) is 0 Å². The molecule has 0 spiro atoms. The van der Waals surface area contributed by atoms with Gasteiger partial charge in [0.1, 0.15) is 5.83 Å². The molecule has 0 aromatic heterocycles. The smallest absolute Gasteiger partial charge is 0.113 e. The molecule has 0 unspecified atom stereocenters. The Morgan fingerprint density at radius 3 is 2.75 bits per heavy atom. The highest BCUT2D eigenvalue weighted by atomic mass is 19.1. The second-order valence-electron chi connectivity index (χ2n) is 2.11. The number of hydrogen-bond donors (Lipinski definition) is 1. The third-order valence-corrected chi connectivity index (χ3v) is 1.42. The molecule has 0 bridgehead atoms. The Labute approximate surface area is 48.6 Å². The second-order valence-corrected chi connectivity index (χ2v) is 2.11. The fourth-order valence-electron chi connectivity index (χ4n) is 0.761. The summed E-state index contributed by atoms with van der Waals surface area (Å²) in [5.74, 6) is 0.0243. The number of rotatable bonds is 0. The molecule has 1 aliphatic heterocycles. The largest absolute Gasteiger partial charge is 0.310 e. The van der Waals surface area contributed by atoms with Crippen LogP contribution in [-0.4, -0.2) is 13.1 Å². The van der Waals surface area contributed by atoms with E-state index in [4.69, 9.17) is 0 Å². The van der Waals surface area contributed by atoms with Gasteiger partial charge in [-0.3, -0.25) is 0 Å². The van der Waals surface area contributed by atoms with E-state index in [2.05, 4.69) is 5.32 Å². The first kappa shape index (κ1) is 5.76. The van der Waals surface area contributed by atoms with Crippen molar-refractivity contribution in [1.82, 2.24) is 5.32 Å². The zero-order chi connectivity index (χ0) is 5.98. The maximum Gasteiger partial charge on any atom is 0.113 e. The summed E-state index contributed by atoms with van der Waals surface area (Å²) in [5.41, 5.74) is 0.906. The minimum atomic E-state index is 0.0243. The minimum Gasteiger partial charge on any atom is -0.310 e. The van der Waals surface area contributed by atoms with Gasteiger partial charge in [-0.25, -0.2) is 4.39 Å². The van der Waals surface area contributed by atoms with Gasteiger partial charge in [0.25, 0.3) is 0 Å². The average Bonchev–Trinajstić information content (AvgIpc) is 1.77. The van der Waals surface area contributed by atoms with Crippen LogP contribution in [-0.2, 0) is 0 Å². The molecule has 0 radical (unpaired) electrons. The van der Waals surface area contributed by atoms with Crippen LogP contribution >= 0.6 is 0 Å². The molecule has 46 valence electrons. The Morgan fingerprint density at radius 2 is 2.38 bits per heavy atom. The topological polar surface area (TPSA) is 12.0 Å². The van der Waals surface area contributed by atoms with Gasteiger partial charge in [-0.05, 0) is 25.5 Å². The van der Waals surface area contributed by atoms with E-state index in [1.807, 2.05) is 6.92 Å². The summed E-state index contributed by atoms with van der Waals surface area (Å²) in [7, 11) is 0. The van der Waals surface area contributed by atoms with E-state index >= 15 is 0 Å². The highest BCUT2D eigenvalue weighted by molar-refractivity contribution is 5.09. The molecule has 1 aliphatic rings. The predicted octanol–water partition coefficient (Wildman–Crippen LogP) is 1.22. The maximum atomic E-state index is 12.4. The summed E-state index contributed by atoms with van der Waals surface area (Å²) < 4.78 is 12.4. The minimum absolute atomic E-state index is 0.0243. The lowest BCUT2D eigenvalue weighted by Gasteiger charge is -2.11. The van der Waals surface area contributed by atoms with Crippen molar-refractivity contribution in [2.75, 3.05) is 13.1 Å². The molecule has 0 aromatic carbocycles. The first-order valence-corrected chi connectivity index (χ1v) is 2.85. The third-order valence-electron chi connectivity index (χ3n) is 1.42. The third kappa shape index (κ3) is 1.07. The molecule has 1 rings (SSSR count). The molecule has 0 amide bonds. The van der Waals surface area contributed by atoms with E-state index in [9.17, 15) is 4.39 Å². The molecule has 0 fully saturated rings. The van der Waals surface area contributed by atoms with E-state index in [0.29, 0.717) is 6.54 Å². The van der Waals surface area contributed by atoms with E-state index in [1.54, 1.807) is 0 Å². The van der Waals surface area contributed by atoms with Crippen LogP contribution in [0, 0.1) is 0 Å². The van der Waals surface area contributed by atoms with Gasteiger partial charge in [0.15, 0.2) is 0 Å². The van der Waals surface area contributed by atoms with E-state index < -0.39 is 0 Å². The maximum absolute atomic E-state index is 12.4. The molecule has 0 aliphatic carbocycles. The van der Waals surface area contributed by atoms with Crippen LogP contribution < -0.4 is 5.32 Å². The molecule has 1 nitrogen and oxygen atoms in total. The fourth-order valence-corrected chi connectivity index (χ4v) is 0.761. The van der Waals surface area contributed by atoms with Gasteiger partial charge < -0.3 is 5.32 Å². The van der Waals surface area contributed by atoms with Gasteiger partial charge in [-0.2, -0.15) is 0 Å². The zero-order valence-corrected chi connectivity index (χ0v) is 5.00. The molecule has 0 saturated heterocycles. The van der Waals surface area contributed by atoms with Gasteiger partial charge >= 0.3 is 0 Å². The molecular weight excluding hydrogens is 105 g/mol. The van der Waals surface area contributed by atoms with Crippen molar-refractivity contribution in [3.8, 4) is 0 Å². The van der Waals surface area contributed by atoms with Crippen molar-refractivity contribution in [3.63, 3.8) is 0 Å². The highest BCUT2D eigenvalue weighted by Crippen LogP contribution is 2.11. The van der Waals surface area contributed by atoms with Crippen LogP contribution in [0.5, 0.6) is 0 Å². The number of nitrogens with one attached hydrogen (secondary N) is 1. The second kappa shape index (κ2) is 2.27. The lowest BCUT2D eigenvalue weighted by Crippen LogP contribution is -2.22. The fraction of sp³-hybridized carbons (Fsp3) is 0.667. The number of halogens is 1. The first-order valence-electron chi connectivity index (χ1n) is 2.85. The quantitative estimate of drug-likeness (QED) is 0.500. The average molecular weight is 115 g/mol. The Hall–Kier alpha value is -0.370. The monoisotopic (exact) mass is 115 g/mol. The molecule has 0 aromatic rings. The van der Waals surface area contributed by atoms with Crippen LogP contribution in [0.25, 0.3) is 0 Å². The summed E-state index contributed by atoms with van der Waals surface area (Å²) in [6, 6.07) is 0. The highest BCUT2D eigenvalue weighted by Gasteiger charge is 2.05. The van der Waals surface area contributed by atoms with Gasteiger partial charge in [0, 0.05) is 6.54 Å². The van der Waals surface area contributed by atoms with E-state index in [0.717, 1.165) is 18.5 Å². The lowest BCUT2D eigenvalue weighted by atomic mass is 10.1. The summed E-state index contributed by atoms with van der Waals surface area (Å²) in [4.78, 5) is 0. The summed E-state index contributed by atoms with van der Waals surface area (Å²) >= 11 is 0. The molecule has 2 heteroatoms. The first-order chi connectivity index (χ1) is 3.80. The van der Waals surface area contributed by atoms with E-state index in [-0.39, 0.29) is 5.83 Å². The zero-order valence-electron chi connectivity index (χ0n) is 5.00. The number of hydrogen-bond acceptors (Lipinski definition) is 1. The summed E-state index contributed by atoms with van der Waals surface area (Å²) in [5, 5.41) is 2.93. The van der Waals surface area contributed by atoms with Crippen LogP contribution in [0.15, 0.2) is 11.4 Å². The molecule has 8 heavy (non-hydrogen) atoms. The van der Waals surface area contributed by atoms with Crippen molar-refractivity contribution in [2.45, 2.75) is 13.3 Å². The van der Waals surface area contributed by atoms with Crippen LogP contribution in [0.3, 0.4) is 0 Å².